The zero-order valence-electron chi connectivity index (χ0n) is 8.19. The Kier molecular flexibility index (Phi) is 2.21. The van der Waals surface area contributed by atoms with E-state index in [2.05, 4.69) is 10.2 Å². The molecule has 0 atom stereocenters. The number of nitrogen functional groups attached to an aromatic ring is 1. The number of aromatic hydroxyl groups is 1. The van der Waals surface area contributed by atoms with E-state index in [0.717, 1.165) is 0 Å². The molecule has 0 amide bonds. The zero-order chi connectivity index (χ0) is 10.8. The fraction of sp³-hybridized carbons (Fsp3) is 0.100. The van der Waals surface area contributed by atoms with Crippen LogP contribution in [-0.2, 0) is 0 Å². The second-order valence-electron chi connectivity index (χ2n) is 3.08. The third kappa shape index (κ3) is 1.59. The summed E-state index contributed by atoms with van der Waals surface area (Å²) in [7, 11) is 1.56. The predicted molar refractivity (Wildman–Crippen MR) is 56.7 cm³/mol. The lowest BCUT2D eigenvalue weighted by molar-refractivity contribution is 0.412. The van der Waals surface area contributed by atoms with Crippen LogP contribution in [-0.4, -0.2) is 22.4 Å². The van der Waals surface area contributed by atoms with Crippen molar-refractivity contribution in [1.29, 1.82) is 0 Å². The van der Waals surface area contributed by atoms with Crippen molar-refractivity contribution < 1.29 is 9.84 Å². The molecule has 1 heterocycles. The number of nitrogens with two attached hydrogens (primary N) is 1. The van der Waals surface area contributed by atoms with Crippen LogP contribution in [0.3, 0.4) is 0 Å². The molecule has 0 bridgehead atoms. The molecule has 5 nitrogen and oxygen atoms in total. The molecular formula is C10H11N3O2. The number of nitrogens with zero attached hydrogens (tertiary/aromatic N) is 1. The van der Waals surface area contributed by atoms with Crippen LogP contribution in [0.4, 0.5) is 5.69 Å². The van der Waals surface area contributed by atoms with Gasteiger partial charge >= 0.3 is 0 Å². The number of aromatic nitrogens is 2. The van der Waals surface area contributed by atoms with Crippen LogP contribution in [0.1, 0.15) is 0 Å². The molecule has 0 aliphatic heterocycles. The van der Waals surface area contributed by atoms with Crippen LogP contribution in [0.25, 0.3) is 11.3 Å². The zero-order valence-corrected chi connectivity index (χ0v) is 8.19. The summed E-state index contributed by atoms with van der Waals surface area (Å²) in [6.07, 6.45) is 1.49. The van der Waals surface area contributed by atoms with Gasteiger partial charge < -0.3 is 15.6 Å². The molecule has 4 N–H and O–H groups in total. The van der Waals surface area contributed by atoms with Crippen LogP contribution in [0.5, 0.6) is 11.5 Å². The number of ether oxygens (including phenoxy) is 1. The highest BCUT2D eigenvalue weighted by molar-refractivity contribution is 5.77. The number of nitrogens with one attached hydrogen (secondary N) is 1. The van der Waals surface area contributed by atoms with Crippen molar-refractivity contribution in [3.63, 3.8) is 0 Å². The first kappa shape index (κ1) is 9.39. The number of benzene rings is 1. The van der Waals surface area contributed by atoms with Crippen LogP contribution >= 0.6 is 0 Å². The van der Waals surface area contributed by atoms with E-state index in [4.69, 9.17) is 10.5 Å². The fourth-order valence-electron chi connectivity index (χ4n) is 1.35. The van der Waals surface area contributed by atoms with E-state index in [1.54, 1.807) is 25.3 Å². The summed E-state index contributed by atoms with van der Waals surface area (Å²) in [6.45, 7) is 0. The van der Waals surface area contributed by atoms with Crippen molar-refractivity contribution >= 4 is 5.69 Å². The van der Waals surface area contributed by atoms with E-state index in [9.17, 15) is 5.11 Å². The monoisotopic (exact) mass is 205 g/mol. The minimum atomic E-state index is 0.131. The Bertz CT molecular complexity index is 479. The van der Waals surface area contributed by atoms with Gasteiger partial charge in [0.05, 0.1) is 24.7 Å². The smallest absolute Gasteiger partial charge is 0.125 e. The summed E-state index contributed by atoms with van der Waals surface area (Å²) < 4.78 is 5.06. The third-order valence-corrected chi connectivity index (χ3v) is 2.14. The Morgan fingerprint density at radius 1 is 1.47 bits per heavy atom. The SMILES string of the molecule is COc1ccc(O)c(-c2[nH]ncc2N)c1. The maximum atomic E-state index is 9.67. The van der Waals surface area contributed by atoms with Gasteiger partial charge in [-0.15, -0.1) is 0 Å². The number of hydrogen-bond acceptors (Lipinski definition) is 4. The Morgan fingerprint density at radius 2 is 2.27 bits per heavy atom. The van der Waals surface area contributed by atoms with Gasteiger partial charge in [-0.2, -0.15) is 5.10 Å². The van der Waals surface area contributed by atoms with Crippen molar-refractivity contribution in [2.45, 2.75) is 0 Å². The molecule has 0 spiro atoms. The third-order valence-electron chi connectivity index (χ3n) is 2.14. The van der Waals surface area contributed by atoms with Gasteiger partial charge in [0.1, 0.15) is 11.5 Å². The van der Waals surface area contributed by atoms with Gasteiger partial charge in [0, 0.05) is 5.56 Å². The van der Waals surface area contributed by atoms with Crippen LogP contribution in [0.15, 0.2) is 24.4 Å². The molecule has 2 rings (SSSR count). The van der Waals surface area contributed by atoms with Gasteiger partial charge in [0.15, 0.2) is 0 Å². The molecule has 0 aliphatic carbocycles. The van der Waals surface area contributed by atoms with Crippen LogP contribution in [0.2, 0.25) is 0 Å². The molecule has 0 unspecified atom stereocenters. The molecule has 1 aromatic heterocycles. The second-order valence-corrected chi connectivity index (χ2v) is 3.08. The second kappa shape index (κ2) is 3.53. The minimum Gasteiger partial charge on any atom is -0.507 e. The molecule has 0 saturated heterocycles. The van der Waals surface area contributed by atoms with E-state index in [0.29, 0.717) is 22.7 Å². The first-order valence-electron chi connectivity index (χ1n) is 4.38. The highest BCUT2D eigenvalue weighted by Gasteiger charge is 2.10. The van der Waals surface area contributed by atoms with Crippen molar-refractivity contribution in [3.8, 4) is 22.8 Å². The number of phenols is 1. The van der Waals surface area contributed by atoms with E-state index in [1.807, 2.05) is 0 Å². The summed E-state index contributed by atoms with van der Waals surface area (Å²) in [4.78, 5) is 0. The standard InChI is InChI=1S/C10H11N3O2/c1-15-6-2-3-9(14)7(4-6)10-8(11)5-12-13-10/h2-5,14H,11H2,1H3,(H,12,13). The quantitative estimate of drug-likeness (QED) is 0.691. The first-order chi connectivity index (χ1) is 7.22. The Hall–Kier alpha value is -2.17. The van der Waals surface area contributed by atoms with E-state index in [-0.39, 0.29) is 5.75 Å². The normalized spacial score (nSPS) is 10.2. The number of methoxy groups -OCH3 is 1. The molecule has 0 radical (unpaired) electrons. The van der Waals surface area contributed by atoms with Crippen LogP contribution < -0.4 is 10.5 Å². The van der Waals surface area contributed by atoms with Crippen LogP contribution in [0, 0.1) is 0 Å². The van der Waals surface area contributed by atoms with Gasteiger partial charge in [-0.05, 0) is 18.2 Å². The van der Waals surface area contributed by atoms with E-state index in [1.165, 1.54) is 6.20 Å². The average molecular weight is 205 g/mol. The number of aromatic amines is 1. The lowest BCUT2D eigenvalue weighted by Crippen LogP contribution is -1.89. The molecule has 0 aliphatic rings. The maximum Gasteiger partial charge on any atom is 0.125 e. The Morgan fingerprint density at radius 3 is 2.87 bits per heavy atom. The number of phenolic OH excluding ortho intramolecular Hbond substituents is 1. The van der Waals surface area contributed by atoms with Crippen molar-refractivity contribution in [2.24, 2.45) is 0 Å². The number of H-pyrrole nitrogens is 1. The molecule has 0 saturated carbocycles. The number of rotatable bonds is 2. The largest absolute Gasteiger partial charge is 0.507 e. The lowest BCUT2D eigenvalue weighted by atomic mass is 10.1. The van der Waals surface area contributed by atoms with Gasteiger partial charge in [-0.25, -0.2) is 0 Å². The average Bonchev–Trinajstić information content (AvgIpc) is 2.65. The lowest BCUT2D eigenvalue weighted by Gasteiger charge is -2.05. The molecule has 5 heteroatoms. The van der Waals surface area contributed by atoms with E-state index < -0.39 is 0 Å². The Balaban J connectivity index is 2.56. The summed E-state index contributed by atoms with van der Waals surface area (Å²) in [5.41, 5.74) is 7.33. The van der Waals surface area contributed by atoms with Gasteiger partial charge in [0.25, 0.3) is 0 Å². The number of hydrogen-bond donors (Lipinski definition) is 3. The van der Waals surface area contributed by atoms with Gasteiger partial charge in [0.2, 0.25) is 0 Å². The van der Waals surface area contributed by atoms with E-state index >= 15 is 0 Å². The molecule has 78 valence electrons. The predicted octanol–water partition coefficient (Wildman–Crippen LogP) is 1.37. The molecule has 2 aromatic rings. The Labute approximate surface area is 86.5 Å². The fourth-order valence-corrected chi connectivity index (χ4v) is 1.35. The summed E-state index contributed by atoms with van der Waals surface area (Å²) in [5.74, 6) is 0.781. The molecule has 0 fully saturated rings. The maximum absolute atomic E-state index is 9.67. The molecule has 1 aromatic carbocycles. The van der Waals surface area contributed by atoms with Crippen molar-refractivity contribution in [3.05, 3.63) is 24.4 Å². The van der Waals surface area contributed by atoms with Crippen molar-refractivity contribution in [1.82, 2.24) is 10.2 Å². The minimum absolute atomic E-state index is 0.131. The topological polar surface area (TPSA) is 84.2 Å². The number of anilines is 1. The van der Waals surface area contributed by atoms with Gasteiger partial charge in [-0.3, -0.25) is 5.10 Å². The molecule has 15 heavy (non-hydrogen) atoms. The van der Waals surface area contributed by atoms with Crippen molar-refractivity contribution in [2.75, 3.05) is 12.8 Å². The molecular weight excluding hydrogens is 194 g/mol. The van der Waals surface area contributed by atoms with Gasteiger partial charge in [-0.1, -0.05) is 0 Å². The highest BCUT2D eigenvalue weighted by Crippen LogP contribution is 2.33. The summed E-state index contributed by atoms with van der Waals surface area (Å²) in [5, 5.41) is 16.2. The summed E-state index contributed by atoms with van der Waals surface area (Å²) >= 11 is 0. The first-order valence-corrected chi connectivity index (χ1v) is 4.38. The summed E-state index contributed by atoms with van der Waals surface area (Å²) in [6, 6.07) is 4.92. The highest BCUT2D eigenvalue weighted by atomic mass is 16.5.